The smallest absolute Gasteiger partial charge is 0.253 e. The van der Waals surface area contributed by atoms with Gasteiger partial charge in [0.05, 0.1) is 6.54 Å². The Balaban J connectivity index is 1.32. The van der Waals surface area contributed by atoms with E-state index in [0.717, 1.165) is 24.0 Å². The molecule has 1 fully saturated rings. The zero-order valence-corrected chi connectivity index (χ0v) is 20.0. The predicted molar refractivity (Wildman–Crippen MR) is 138 cm³/mol. The molecule has 7 nitrogen and oxygen atoms in total. The van der Waals surface area contributed by atoms with Crippen molar-refractivity contribution >= 4 is 34.8 Å². The van der Waals surface area contributed by atoms with Crippen molar-refractivity contribution in [2.45, 2.75) is 26.3 Å². The Hall–Kier alpha value is -4.13. The van der Waals surface area contributed by atoms with Gasteiger partial charge in [0.2, 0.25) is 11.8 Å². The van der Waals surface area contributed by atoms with Crippen molar-refractivity contribution in [3.63, 3.8) is 0 Å². The topological polar surface area (TPSA) is 90.5 Å². The molecule has 3 N–H and O–H groups in total. The second-order valence-corrected chi connectivity index (χ2v) is 8.87. The van der Waals surface area contributed by atoms with Gasteiger partial charge in [0.1, 0.15) is 0 Å². The van der Waals surface area contributed by atoms with Gasteiger partial charge in [-0.1, -0.05) is 42.5 Å². The lowest BCUT2D eigenvalue weighted by Gasteiger charge is -2.18. The highest BCUT2D eigenvalue weighted by molar-refractivity contribution is 5.99. The lowest BCUT2D eigenvalue weighted by Crippen LogP contribution is -2.26. The van der Waals surface area contributed by atoms with Crippen molar-refractivity contribution in [3.8, 4) is 0 Å². The summed E-state index contributed by atoms with van der Waals surface area (Å²) in [4.78, 5) is 39.2. The molecule has 7 heteroatoms. The summed E-state index contributed by atoms with van der Waals surface area (Å²) in [5, 5.41) is 8.92. The van der Waals surface area contributed by atoms with Crippen LogP contribution in [0.5, 0.6) is 0 Å². The van der Waals surface area contributed by atoms with E-state index in [4.69, 9.17) is 0 Å². The number of rotatable bonds is 9. The number of carbonyl (C=O) groups excluding carboxylic acids is 3. The standard InChI is InChI=1S/C28H30N4O3/c1-19-24(12-7-13-25(19)31-27(34)21-14-15-21)30-26(33)17-29-23-11-6-10-22(16-23)28(35)32(2)18-20-8-4-3-5-9-20/h3-13,16,21,29H,14-15,17-18H2,1-2H3,(H,30,33)(H,31,34). The van der Waals surface area contributed by atoms with Crippen LogP contribution in [0.4, 0.5) is 17.1 Å². The van der Waals surface area contributed by atoms with Crippen molar-refractivity contribution in [2.75, 3.05) is 29.5 Å². The Bertz CT molecular complexity index is 1220. The second-order valence-electron chi connectivity index (χ2n) is 8.87. The van der Waals surface area contributed by atoms with Crippen molar-refractivity contribution in [1.29, 1.82) is 0 Å². The van der Waals surface area contributed by atoms with E-state index in [2.05, 4.69) is 16.0 Å². The van der Waals surface area contributed by atoms with Gasteiger partial charge in [0.15, 0.2) is 0 Å². The van der Waals surface area contributed by atoms with E-state index in [9.17, 15) is 14.4 Å². The molecular formula is C28H30N4O3. The van der Waals surface area contributed by atoms with Gasteiger partial charge in [0.25, 0.3) is 5.91 Å². The van der Waals surface area contributed by atoms with Crippen LogP contribution in [0.25, 0.3) is 0 Å². The monoisotopic (exact) mass is 470 g/mol. The summed E-state index contributed by atoms with van der Waals surface area (Å²) in [6.45, 7) is 2.42. The molecular weight excluding hydrogens is 440 g/mol. The molecule has 4 rings (SSSR count). The fraction of sp³-hybridized carbons (Fsp3) is 0.250. The Morgan fingerprint density at radius 2 is 1.57 bits per heavy atom. The molecule has 3 amide bonds. The first-order valence-electron chi connectivity index (χ1n) is 11.7. The molecule has 35 heavy (non-hydrogen) atoms. The lowest BCUT2D eigenvalue weighted by molar-refractivity contribution is -0.117. The third-order valence-electron chi connectivity index (χ3n) is 5.99. The van der Waals surface area contributed by atoms with Crippen molar-refractivity contribution < 1.29 is 14.4 Å². The highest BCUT2D eigenvalue weighted by Gasteiger charge is 2.29. The Labute approximate surface area is 205 Å². The number of benzene rings is 3. The molecule has 0 aliphatic heterocycles. The molecule has 0 spiro atoms. The molecule has 1 aliphatic carbocycles. The van der Waals surface area contributed by atoms with Gasteiger partial charge in [-0.05, 0) is 61.2 Å². The van der Waals surface area contributed by atoms with E-state index in [1.807, 2.05) is 55.5 Å². The first-order valence-corrected chi connectivity index (χ1v) is 11.7. The zero-order chi connectivity index (χ0) is 24.8. The zero-order valence-electron chi connectivity index (χ0n) is 20.0. The van der Waals surface area contributed by atoms with Crippen molar-refractivity contribution in [3.05, 3.63) is 89.5 Å². The van der Waals surface area contributed by atoms with Crippen LogP contribution in [-0.4, -0.2) is 36.2 Å². The summed E-state index contributed by atoms with van der Waals surface area (Å²) >= 11 is 0. The molecule has 0 bridgehead atoms. The number of carbonyl (C=O) groups is 3. The largest absolute Gasteiger partial charge is 0.376 e. The summed E-state index contributed by atoms with van der Waals surface area (Å²) < 4.78 is 0. The van der Waals surface area contributed by atoms with Gasteiger partial charge >= 0.3 is 0 Å². The molecule has 1 aliphatic rings. The molecule has 0 saturated heterocycles. The van der Waals surface area contributed by atoms with Crippen LogP contribution < -0.4 is 16.0 Å². The Morgan fingerprint density at radius 3 is 2.29 bits per heavy atom. The second kappa shape index (κ2) is 10.9. The maximum Gasteiger partial charge on any atom is 0.253 e. The van der Waals surface area contributed by atoms with E-state index >= 15 is 0 Å². The molecule has 0 unspecified atom stereocenters. The van der Waals surface area contributed by atoms with Crippen LogP contribution >= 0.6 is 0 Å². The van der Waals surface area contributed by atoms with Crippen LogP contribution in [-0.2, 0) is 16.1 Å². The van der Waals surface area contributed by atoms with Crippen LogP contribution in [0.2, 0.25) is 0 Å². The molecule has 0 radical (unpaired) electrons. The minimum atomic E-state index is -0.225. The lowest BCUT2D eigenvalue weighted by atomic mass is 10.1. The molecule has 180 valence electrons. The number of hydrogen-bond donors (Lipinski definition) is 3. The first kappa shape index (κ1) is 24.0. The van der Waals surface area contributed by atoms with Gasteiger partial charge in [0, 0.05) is 42.1 Å². The van der Waals surface area contributed by atoms with Crippen LogP contribution in [0.15, 0.2) is 72.8 Å². The molecule has 3 aromatic rings. The van der Waals surface area contributed by atoms with Gasteiger partial charge in [-0.3, -0.25) is 14.4 Å². The fourth-order valence-corrected chi connectivity index (χ4v) is 3.78. The minimum Gasteiger partial charge on any atom is -0.376 e. The summed E-state index contributed by atoms with van der Waals surface area (Å²) in [6, 6.07) is 22.4. The first-order chi connectivity index (χ1) is 16.9. The van der Waals surface area contributed by atoms with E-state index in [0.29, 0.717) is 29.2 Å². The molecule has 0 aromatic heterocycles. The van der Waals surface area contributed by atoms with E-state index in [1.165, 1.54) is 0 Å². The number of anilines is 3. The van der Waals surface area contributed by atoms with Gasteiger partial charge in [-0.15, -0.1) is 0 Å². The summed E-state index contributed by atoms with van der Waals surface area (Å²) in [5.41, 5.74) is 4.45. The van der Waals surface area contributed by atoms with Gasteiger partial charge in [-0.2, -0.15) is 0 Å². The molecule has 1 saturated carbocycles. The summed E-state index contributed by atoms with van der Waals surface area (Å²) in [5.74, 6) is -0.181. The number of amides is 3. The molecule has 0 atom stereocenters. The van der Waals surface area contributed by atoms with Gasteiger partial charge < -0.3 is 20.9 Å². The normalized spacial score (nSPS) is 12.5. The molecule has 3 aromatic carbocycles. The quantitative estimate of drug-likeness (QED) is 0.424. The maximum atomic E-state index is 12.9. The van der Waals surface area contributed by atoms with Gasteiger partial charge in [-0.25, -0.2) is 0 Å². The Kier molecular flexibility index (Phi) is 7.45. The third-order valence-corrected chi connectivity index (χ3v) is 5.99. The average Bonchev–Trinajstić information content (AvgIpc) is 3.71. The highest BCUT2D eigenvalue weighted by atomic mass is 16.2. The predicted octanol–water partition coefficient (Wildman–Crippen LogP) is 4.67. The number of nitrogens with zero attached hydrogens (tertiary/aromatic N) is 1. The highest BCUT2D eigenvalue weighted by Crippen LogP contribution is 2.31. The number of hydrogen-bond acceptors (Lipinski definition) is 4. The fourth-order valence-electron chi connectivity index (χ4n) is 3.78. The Morgan fingerprint density at radius 1 is 0.886 bits per heavy atom. The van der Waals surface area contributed by atoms with Crippen LogP contribution in [0.3, 0.4) is 0 Å². The van der Waals surface area contributed by atoms with E-state index < -0.39 is 0 Å². The maximum absolute atomic E-state index is 12.9. The van der Waals surface area contributed by atoms with Crippen molar-refractivity contribution in [2.24, 2.45) is 5.92 Å². The minimum absolute atomic E-state index is 0.0297. The summed E-state index contributed by atoms with van der Waals surface area (Å²) in [6.07, 6.45) is 1.87. The van der Waals surface area contributed by atoms with E-state index in [1.54, 1.807) is 36.2 Å². The summed E-state index contributed by atoms with van der Waals surface area (Å²) in [7, 11) is 1.77. The van der Waals surface area contributed by atoms with Crippen LogP contribution in [0, 0.1) is 12.8 Å². The average molecular weight is 471 g/mol. The van der Waals surface area contributed by atoms with Crippen molar-refractivity contribution in [1.82, 2.24) is 4.90 Å². The van der Waals surface area contributed by atoms with Crippen LogP contribution in [0.1, 0.15) is 34.3 Å². The molecule has 0 heterocycles. The number of nitrogens with one attached hydrogen (secondary N) is 3. The van der Waals surface area contributed by atoms with E-state index in [-0.39, 0.29) is 30.2 Å². The SMILES string of the molecule is Cc1c(NC(=O)CNc2cccc(C(=O)N(C)Cc3ccccc3)c2)cccc1NC(=O)C1CC1. The third kappa shape index (κ3) is 6.47.